The zero-order valence-electron chi connectivity index (χ0n) is 17.6. The van der Waals surface area contributed by atoms with Gasteiger partial charge in [-0.05, 0) is 57.9 Å². The van der Waals surface area contributed by atoms with Gasteiger partial charge >= 0.3 is 0 Å². The molecule has 8 nitrogen and oxygen atoms in total. The summed E-state index contributed by atoms with van der Waals surface area (Å²) in [5, 5.41) is 11.1. The van der Waals surface area contributed by atoms with Crippen LogP contribution in [-0.4, -0.2) is 27.2 Å². The van der Waals surface area contributed by atoms with Gasteiger partial charge in [0.2, 0.25) is 0 Å². The van der Waals surface area contributed by atoms with Crippen LogP contribution in [0.1, 0.15) is 11.3 Å². The fraction of sp³-hybridized carbons (Fsp3) is 0.0870. The second-order valence-electron chi connectivity index (χ2n) is 6.94. The first kappa shape index (κ1) is 23.9. The van der Waals surface area contributed by atoms with Crippen molar-refractivity contribution >= 4 is 67.6 Å². The number of hydrogen-bond acceptors (Lipinski definition) is 8. The molecule has 2 heterocycles. The number of aromatic nitrogens is 1. The molecule has 172 valence electrons. The minimum absolute atomic E-state index is 0.120. The third-order valence-electron chi connectivity index (χ3n) is 4.73. The number of halogens is 1. The quantitative estimate of drug-likeness (QED) is 0.157. The van der Waals surface area contributed by atoms with Gasteiger partial charge in [-0.15, -0.1) is 0 Å². The van der Waals surface area contributed by atoms with Crippen LogP contribution in [0.4, 0.5) is 11.4 Å². The summed E-state index contributed by atoms with van der Waals surface area (Å²) < 4.78 is 12.3. The molecule has 0 radical (unpaired) electrons. The number of nitro benzene ring substituents is 1. The van der Waals surface area contributed by atoms with Crippen LogP contribution < -0.4 is 14.4 Å². The van der Waals surface area contributed by atoms with Crippen molar-refractivity contribution in [3.05, 3.63) is 91.5 Å². The number of methoxy groups -OCH3 is 1. The molecule has 0 aliphatic carbocycles. The van der Waals surface area contributed by atoms with Crippen LogP contribution in [0.5, 0.6) is 11.5 Å². The van der Waals surface area contributed by atoms with E-state index in [1.54, 1.807) is 30.5 Å². The molecule has 1 aliphatic heterocycles. The molecule has 1 amide bonds. The Morgan fingerprint density at radius 3 is 2.76 bits per heavy atom. The van der Waals surface area contributed by atoms with E-state index in [0.717, 1.165) is 17.5 Å². The van der Waals surface area contributed by atoms with Crippen molar-refractivity contribution in [3.8, 4) is 11.5 Å². The zero-order valence-corrected chi connectivity index (χ0v) is 20.9. The highest BCUT2D eigenvalue weighted by Crippen LogP contribution is 2.40. The maximum absolute atomic E-state index is 13.1. The van der Waals surface area contributed by atoms with Crippen LogP contribution in [0, 0.1) is 10.1 Å². The smallest absolute Gasteiger partial charge is 0.271 e. The predicted octanol–water partition coefficient (Wildman–Crippen LogP) is 5.75. The molecule has 1 aromatic heterocycles. The molecule has 11 heteroatoms. The normalized spacial score (nSPS) is 14.5. The Morgan fingerprint density at radius 2 is 2.06 bits per heavy atom. The van der Waals surface area contributed by atoms with E-state index in [1.165, 1.54) is 30.2 Å². The third kappa shape index (κ3) is 5.11. The fourth-order valence-electron chi connectivity index (χ4n) is 3.18. The second kappa shape index (κ2) is 10.3. The number of rotatable bonds is 7. The number of anilines is 1. The number of carbonyl (C=O) groups is 1. The number of pyridine rings is 1. The largest absolute Gasteiger partial charge is 0.493 e. The number of benzene rings is 2. The Labute approximate surface area is 212 Å². The molecular formula is C23H16BrN3O5S2. The van der Waals surface area contributed by atoms with Crippen molar-refractivity contribution in [1.29, 1.82) is 0 Å². The Kier molecular flexibility index (Phi) is 7.25. The number of non-ortho nitro benzene ring substituents is 1. The van der Waals surface area contributed by atoms with E-state index in [-0.39, 0.29) is 22.5 Å². The van der Waals surface area contributed by atoms with E-state index in [0.29, 0.717) is 32.1 Å². The lowest BCUT2D eigenvalue weighted by Crippen LogP contribution is -2.27. The molecule has 4 rings (SSSR count). The van der Waals surface area contributed by atoms with Crippen LogP contribution in [0.2, 0.25) is 0 Å². The molecule has 0 saturated carbocycles. The maximum atomic E-state index is 13.1. The van der Waals surface area contributed by atoms with E-state index in [2.05, 4.69) is 20.9 Å². The standard InChI is InChI=1S/C23H16BrN3O5S2/c1-31-19-10-14(9-18(24)21(19)32-13-15-5-2-3-8-25-15)11-20-22(28)26(23(33)34-20)16-6-4-7-17(12-16)27(29)30/h2-12H,13H2,1H3/b20-11-. The molecule has 1 aliphatic rings. The Morgan fingerprint density at radius 1 is 1.24 bits per heavy atom. The van der Waals surface area contributed by atoms with Crippen LogP contribution in [0.25, 0.3) is 6.08 Å². The lowest BCUT2D eigenvalue weighted by atomic mass is 10.1. The number of thioether (sulfide) groups is 1. The molecular weight excluding hydrogens is 542 g/mol. The lowest BCUT2D eigenvalue weighted by molar-refractivity contribution is -0.384. The topological polar surface area (TPSA) is 94.8 Å². The molecule has 3 aromatic rings. The van der Waals surface area contributed by atoms with Crippen molar-refractivity contribution in [1.82, 2.24) is 4.98 Å². The third-order valence-corrected chi connectivity index (χ3v) is 6.62. The van der Waals surface area contributed by atoms with E-state index >= 15 is 0 Å². The molecule has 0 atom stereocenters. The molecule has 0 N–H and O–H groups in total. The van der Waals surface area contributed by atoms with Crippen LogP contribution >= 0.6 is 39.9 Å². The highest BCUT2D eigenvalue weighted by molar-refractivity contribution is 9.10. The predicted molar refractivity (Wildman–Crippen MR) is 138 cm³/mol. The molecule has 0 spiro atoms. The zero-order chi connectivity index (χ0) is 24.2. The van der Waals surface area contributed by atoms with Gasteiger partial charge in [0.15, 0.2) is 15.8 Å². The van der Waals surface area contributed by atoms with E-state index in [9.17, 15) is 14.9 Å². The van der Waals surface area contributed by atoms with Crippen molar-refractivity contribution in [3.63, 3.8) is 0 Å². The van der Waals surface area contributed by atoms with Crippen molar-refractivity contribution in [2.24, 2.45) is 0 Å². The molecule has 0 unspecified atom stereocenters. The lowest BCUT2D eigenvalue weighted by Gasteiger charge is -2.14. The van der Waals surface area contributed by atoms with Crippen LogP contribution in [-0.2, 0) is 11.4 Å². The first-order valence-electron chi connectivity index (χ1n) is 9.80. The maximum Gasteiger partial charge on any atom is 0.271 e. The first-order chi connectivity index (χ1) is 16.4. The SMILES string of the molecule is COc1cc(/C=C2\SC(=S)N(c3cccc([N+](=O)[O-])c3)C2=O)cc(Br)c1OCc1ccccn1. The van der Waals surface area contributed by atoms with Gasteiger partial charge in [0, 0.05) is 18.3 Å². The summed E-state index contributed by atoms with van der Waals surface area (Å²) >= 11 is 10.0. The monoisotopic (exact) mass is 557 g/mol. The van der Waals surface area contributed by atoms with Crippen LogP contribution in [0.15, 0.2) is 70.2 Å². The van der Waals surface area contributed by atoms with Gasteiger partial charge in [0.05, 0.1) is 32.8 Å². The van der Waals surface area contributed by atoms with E-state index in [4.69, 9.17) is 21.7 Å². The van der Waals surface area contributed by atoms with Crippen LogP contribution in [0.3, 0.4) is 0 Å². The number of nitrogens with zero attached hydrogens (tertiary/aromatic N) is 3. The summed E-state index contributed by atoms with van der Waals surface area (Å²) in [7, 11) is 1.53. The second-order valence-corrected chi connectivity index (χ2v) is 9.47. The summed E-state index contributed by atoms with van der Waals surface area (Å²) in [6.45, 7) is 0.261. The van der Waals surface area contributed by atoms with Gasteiger partial charge in [0.1, 0.15) is 6.61 Å². The Balaban J connectivity index is 1.59. The minimum Gasteiger partial charge on any atom is -0.493 e. The van der Waals surface area contributed by atoms with Gasteiger partial charge in [-0.1, -0.05) is 36.1 Å². The molecule has 1 saturated heterocycles. The number of nitro groups is 1. The fourth-order valence-corrected chi connectivity index (χ4v) is 5.05. The Bertz CT molecular complexity index is 1320. The minimum atomic E-state index is -0.516. The van der Waals surface area contributed by atoms with Crippen molar-refractivity contribution < 1.29 is 19.2 Å². The summed E-state index contributed by atoms with van der Waals surface area (Å²) in [5.74, 6) is 0.626. The summed E-state index contributed by atoms with van der Waals surface area (Å²) in [4.78, 5) is 29.6. The summed E-state index contributed by atoms with van der Waals surface area (Å²) in [5.41, 5.74) is 1.68. The van der Waals surface area contributed by atoms with Gasteiger partial charge < -0.3 is 9.47 Å². The van der Waals surface area contributed by atoms with E-state index in [1.807, 2.05) is 18.2 Å². The highest BCUT2D eigenvalue weighted by atomic mass is 79.9. The first-order valence-corrected chi connectivity index (χ1v) is 11.8. The molecule has 2 aromatic carbocycles. The molecule has 1 fully saturated rings. The highest BCUT2D eigenvalue weighted by Gasteiger charge is 2.34. The summed E-state index contributed by atoms with van der Waals surface area (Å²) in [6, 6.07) is 14.9. The molecule has 0 bridgehead atoms. The molecule has 34 heavy (non-hydrogen) atoms. The van der Waals surface area contributed by atoms with Crippen molar-refractivity contribution in [2.45, 2.75) is 6.61 Å². The van der Waals surface area contributed by atoms with Gasteiger partial charge in [-0.2, -0.15) is 0 Å². The number of amides is 1. The number of hydrogen-bond donors (Lipinski definition) is 0. The average molecular weight is 558 g/mol. The number of ether oxygens (including phenoxy) is 2. The van der Waals surface area contributed by atoms with Gasteiger partial charge in [0.25, 0.3) is 11.6 Å². The summed E-state index contributed by atoms with van der Waals surface area (Å²) in [6.07, 6.45) is 3.38. The number of carbonyl (C=O) groups excluding carboxylic acids is 1. The number of thiocarbonyl (C=S) groups is 1. The van der Waals surface area contributed by atoms with Crippen molar-refractivity contribution in [2.75, 3.05) is 12.0 Å². The van der Waals surface area contributed by atoms with Gasteiger partial charge in [-0.25, -0.2) is 0 Å². The average Bonchev–Trinajstić information content (AvgIpc) is 3.11. The Hall–Kier alpha value is -3.28. The van der Waals surface area contributed by atoms with Gasteiger partial charge in [-0.3, -0.25) is 24.8 Å². The van der Waals surface area contributed by atoms with E-state index < -0.39 is 4.92 Å².